The normalized spacial score (nSPS) is 10.7. The molecule has 5 heteroatoms. The van der Waals surface area contributed by atoms with Crippen LogP contribution in [0.2, 0.25) is 0 Å². The molecule has 3 aromatic carbocycles. The Morgan fingerprint density at radius 2 is 1.65 bits per heavy atom. The minimum atomic E-state index is -0.402. The molecule has 0 atom stereocenters. The number of hydrogen-bond donors (Lipinski definition) is 1. The fourth-order valence-electron chi connectivity index (χ4n) is 2.42. The van der Waals surface area contributed by atoms with E-state index in [0.717, 1.165) is 11.1 Å². The predicted molar refractivity (Wildman–Crippen MR) is 100 cm³/mol. The molecule has 3 rings (SSSR count). The molecule has 0 saturated heterocycles. The van der Waals surface area contributed by atoms with Crippen LogP contribution in [-0.2, 0) is 9.63 Å². The van der Waals surface area contributed by atoms with Gasteiger partial charge in [0.25, 0.3) is 5.91 Å². The number of rotatable bonds is 6. The second kappa shape index (κ2) is 8.58. The highest BCUT2D eigenvalue weighted by Gasteiger charge is 2.08. The average Bonchev–Trinajstić information content (AvgIpc) is 2.68. The average molecular weight is 348 g/mol. The standard InChI is InChI=1S/C21H17FN2O2/c22-19-12-6-4-10-17(19)14-23-26-15-21(25)24-20-13-7-5-11-18(20)16-8-2-1-3-9-16/h1-14H,15H2,(H,24,25)/b23-14+. The Morgan fingerprint density at radius 1 is 0.962 bits per heavy atom. The van der Waals surface area contributed by atoms with E-state index in [2.05, 4.69) is 10.5 Å². The number of nitrogens with one attached hydrogen (secondary N) is 1. The van der Waals surface area contributed by atoms with Crippen LogP contribution >= 0.6 is 0 Å². The lowest BCUT2D eigenvalue weighted by Gasteiger charge is -2.10. The van der Waals surface area contributed by atoms with E-state index < -0.39 is 5.82 Å². The number of nitrogens with zero attached hydrogens (tertiary/aromatic N) is 1. The van der Waals surface area contributed by atoms with Crippen molar-refractivity contribution in [3.05, 3.63) is 90.2 Å². The molecule has 0 aliphatic carbocycles. The first-order valence-electron chi connectivity index (χ1n) is 8.08. The van der Waals surface area contributed by atoms with E-state index >= 15 is 0 Å². The van der Waals surface area contributed by atoms with Crippen LogP contribution in [0.5, 0.6) is 0 Å². The summed E-state index contributed by atoms with van der Waals surface area (Å²) in [5.74, 6) is -0.750. The highest BCUT2D eigenvalue weighted by molar-refractivity contribution is 5.96. The van der Waals surface area contributed by atoms with Gasteiger partial charge in [-0.3, -0.25) is 4.79 Å². The van der Waals surface area contributed by atoms with Crippen LogP contribution in [0.15, 0.2) is 84.0 Å². The lowest BCUT2D eigenvalue weighted by Crippen LogP contribution is -2.17. The molecule has 0 bridgehead atoms. The highest BCUT2D eigenvalue weighted by atomic mass is 19.1. The van der Waals surface area contributed by atoms with E-state index in [9.17, 15) is 9.18 Å². The number of amides is 1. The summed E-state index contributed by atoms with van der Waals surface area (Å²) in [6, 6.07) is 23.4. The van der Waals surface area contributed by atoms with Crippen LogP contribution in [0.4, 0.5) is 10.1 Å². The summed E-state index contributed by atoms with van der Waals surface area (Å²) in [5.41, 5.74) is 2.89. The molecule has 0 spiro atoms. The second-order valence-electron chi connectivity index (χ2n) is 5.49. The number of hydrogen-bond acceptors (Lipinski definition) is 3. The zero-order chi connectivity index (χ0) is 18.2. The lowest BCUT2D eigenvalue weighted by molar-refractivity contribution is -0.120. The molecule has 0 aliphatic rings. The lowest BCUT2D eigenvalue weighted by atomic mass is 10.0. The van der Waals surface area contributed by atoms with Crippen molar-refractivity contribution in [2.24, 2.45) is 5.16 Å². The Kier molecular flexibility index (Phi) is 5.72. The van der Waals surface area contributed by atoms with Crippen molar-refractivity contribution in [1.82, 2.24) is 0 Å². The molecule has 4 nitrogen and oxygen atoms in total. The maximum absolute atomic E-state index is 13.4. The van der Waals surface area contributed by atoms with Gasteiger partial charge in [-0.2, -0.15) is 0 Å². The molecule has 0 fully saturated rings. The topological polar surface area (TPSA) is 50.7 Å². The maximum atomic E-state index is 13.4. The largest absolute Gasteiger partial charge is 0.386 e. The molecule has 1 amide bonds. The Hall–Kier alpha value is -3.47. The van der Waals surface area contributed by atoms with Crippen LogP contribution in [0.3, 0.4) is 0 Å². The molecule has 130 valence electrons. The first kappa shape index (κ1) is 17.4. The van der Waals surface area contributed by atoms with E-state index in [1.54, 1.807) is 18.2 Å². The van der Waals surface area contributed by atoms with Crippen LogP contribution in [0, 0.1) is 5.82 Å². The first-order valence-corrected chi connectivity index (χ1v) is 8.08. The fourth-order valence-corrected chi connectivity index (χ4v) is 2.42. The molecule has 0 aromatic heterocycles. The van der Waals surface area contributed by atoms with Crippen molar-refractivity contribution < 1.29 is 14.0 Å². The fraction of sp³-hybridized carbons (Fsp3) is 0.0476. The van der Waals surface area contributed by atoms with Crippen molar-refractivity contribution >= 4 is 17.8 Å². The van der Waals surface area contributed by atoms with Gasteiger partial charge in [0.05, 0.1) is 6.21 Å². The summed E-state index contributed by atoms with van der Waals surface area (Å²) in [6.45, 7) is -0.270. The van der Waals surface area contributed by atoms with Crippen LogP contribution in [-0.4, -0.2) is 18.7 Å². The number of benzene rings is 3. The van der Waals surface area contributed by atoms with Crippen molar-refractivity contribution in [2.45, 2.75) is 0 Å². The Morgan fingerprint density at radius 3 is 2.46 bits per heavy atom. The molecular formula is C21H17FN2O2. The van der Waals surface area contributed by atoms with Gasteiger partial charge in [-0.1, -0.05) is 71.9 Å². The summed E-state index contributed by atoms with van der Waals surface area (Å²) in [7, 11) is 0. The number of carbonyl (C=O) groups excluding carboxylic acids is 1. The van der Waals surface area contributed by atoms with Crippen molar-refractivity contribution in [2.75, 3.05) is 11.9 Å². The van der Waals surface area contributed by atoms with E-state index in [4.69, 9.17) is 4.84 Å². The van der Waals surface area contributed by atoms with Crippen molar-refractivity contribution in [1.29, 1.82) is 0 Å². The third-order valence-corrected chi connectivity index (χ3v) is 3.65. The molecular weight excluding hydrogens is 331 g/mol. The second-order valence-corrected chi connectivity index (χ2v) is 5.49. The van der Waals surface area contributed by atoms with Gasteiger partial charge in [0.2, 0.25) is 0 Å². The van der Waals surface area contributed by atoms with Crippen LogP contribution in [0.1, 0.15) is 5.56 Å². The van der Waals surface area contributed by atoms with E-state index in [-0.39, 0.29) is 12.5 Å². The van der Waals surface area contributed by atoms with Gasteiger partial charge in [-0.05, 0) is 17.7 Å². The third kappa shape index (κ3) is 4.54. The summed E-state index contributed by atoms with van der Waals surface area (Å²) in [6.07, 6.45) is 1.24. The number of anilines is 1. The van der Waals surface area contributed by atoms with Gasteiger partial charge in [-0.15, -0.1) is 0 Å². The predicted octanol–water partition coefficient (Wildman–Crippen LogP) is 4.48. The van der Waals surface area contributed by atoms with E-state index in [1.165, 1.54) is 12.3 Å². The Bertz CT molecular complexity index is 911. The molecule has 0 unspecified atom stereocenters. The number of oxime groups is 1. The SMILES string of the molecule is O=C(CO/N=C/c1ccccc1F)Nc1ccccc1-c1ccccc1. The molecule has 1 N–H and O–H groups in total. The Balaban J connectivity index is 1.60. The Labute approximate surface area is 150 Å². The summed E-state index contributed by atoms with van der Waals surface area (Å²) in [4.78, 5) is 17.1. The van der Waals surface area contributed by atoms with Gasteiger partial charge in [0, 0.05) is 16.8 Å². The monoisotopic (exact) mass is 348 g/mol. The highest BCUT2D eigenvalue weighted by Crippen LogP contribution is 2.27. The summed E-state index contributed by atoms with van der Waals surface area (Å²) >= 11 is 0. The van der Waals surface area contributed by atoms with Crippen molar-refractivity contribution in [3.8, 4) is 11.1 Å². The van der Waals surface area contributed by atoms with Crippen molar-refractivity contribution in [3.63, 3.8) is 0 Å². The van der Waals surface area contributed by atoms with E-state index in [1.807, 2.05) is 54.6 Å². The van der Waals surface area contributed by atoms with Gasteiger partial charge >= 0.3 is 0 Å². The maximum Gasteiger partial charge on any atom is 0.265 e. The summed E-state index contributed by atoms with van der Waals surface area (Å²) in [5, 5.41) is 6.45. The molecule has 0 aliphatic heterocycles. The minimum Gasteiger partial charge on any atom is -0.386 e. The van der Waals surface area contributed by atoms with Gasteiger partial charge in [-0.25, -0.2) is 4.39 Å². The first-order chi connectivity index (χ1) is 12.7. The third-order valence-electron chi connectivity index (χ3n) is 3.65. The minimum absolute atomic E-state index is 0.270. The van der Waals surface area contributed by atoms with Crippen LogP contribution < -0.4 is 5.32 Å². The van der Waals surface area contributed by atoms with Gasteiger partial charge in [0.15, 0.2) is 6.61 Å². The zero-order valence-corrected chi connectivity index (χ0v) is 13.9. The quantitative estimate of drug-likeness (QED) is 0.527. The van der Waals surface area contributed by atoms with Gasteiger partial charge in [0.1, 0.15) is 5.82 Å². The molecule has 0 heterocycles. The van der Waals surface area contributed by atoms with Crippen LogP contribution in [0.25, 0.3) is 11.1 Å². The number of halogens is 1. The summed E-state index contributed by atoms with van der Waals surface area (Å²) < 4.78 is 13.4. The molecule has 0 saturated carbocycles. The van der Waals surface area contributed by atoms with Gasteiger partial charge < -0.3 is 10.2 Å². The molecule has 26 heavy (non-hydrogen) atoms. The van der Waals surface area contributed by atoms with E-state index in [0.29, 0.717) is 11.3 Å². The number of carbonyl (C=O) groups is 1. The number of para-hydroxylation sites is 1. The molecule has 3 aromatic rings. The molecule has 0 radical (unpaired) electrons. The zero-order valence-electron chi connectivity index (χ0n) is 13.9. The smallest absolute Gasteiger partial charge is 0.265 e.